The highest BCUT2D eigenvalue weighted by atomic mass is 16.5. The molecule has 0 saturated heterocycles. The van der Waals surface area contributed by atoms with Crippen molar-refractivity contribution in [2.24, 2.45) is 0 Å². The highest BCUT2D eigenvalue weighted by Gasteiger charge is 2.19. The minimum atomic E-state index is -0.220. The maximum atomic E-state index is 12.3. The van der Waals surface area contributed by atoms with Gasteiger partial charge in [0.05, 0.1) is 5.69 Å². The zero-order valence-electron chi connectivity index (χ0n) is 16.1. The van der Waals surface area contributed by atoms with Crippen LogP contribution in [-0.2, 0) is 9.59 Å². The molecule has 1 N–H and O–H groups in total. The van der Waals surface area contributed by atoms with Crippen LogP contribution in [0.2, 0.25) is 0 Å². The Kier molecular flexibility index (Phi) is 7.82. The van der Waals surface area contributed by atoms with Gasteiger partial charge in [-0.05, 0) is 51.3 Å². The first-order chi connectivity index (χ1) is 13.0. The zero-order chi connectivity index (χ0) is 19.6. The Morgan fingerprint density at radius 3 is 2.33 bits per heavy atom. The zero-order valence-corrected chi connectivity index (χ0v) is 16.1. The first kappa shape index (κ1) is 20.5. The lowest BCUT2D eigenvalue weighted by atomic mass is 10.2. The molecule has 2 aromatic rings. The van der Waals surface area contributed by atoms with Crippen LogP contribution in [0.25, 0.3) is 0 Å². The Balaban J connectivity index is 2.08. The molecule has 0 aliphatic carbocycles. The maximum absolute atomic E-state index is 12.3. The van der Waals surface area contributed by atoms with E-state index in [1.54, 1.807) is 12.1 Å². The van der Waals surface area contributed by atoms with Crippen LogP contribution in [0.15, 0.2) is 54.6 Å². The number of carbonyl (C=O) groups is 2. The highest BCUT2D eigenvalue weighted by molar-refractivity contribution is 5.98. The van der Waals surface area contributed by atoms with E-state index in [4.69, 9.17) is 4.74 Å². The van der Waals surface area contributed by atoms with Crippen LogP contribution in [0.5, 0.6) is 11.5 Å². The lowest BCUT2D eigenvalue weighted by molar-refractivity contribution is -0.123. The molecule has 0 spiro atoms. The molecule has 0 aliphatic rings. The summed E-state index contributed by atoms with van der Waals surface area (Å²) in [6.45, 7) is 2.86. The van der Waals surface area contributed by atoms with Crippen LogP contribution in [0.1, 0.15) is 13.3 Å². The monoisotopic (exact) mass is 369 g/mol. The van der Waals surface area contributed by atoms with Gasteiger partial charge in [0, 0.05) is 13.5 Å². The molecule has 144 valence electrons. The number of hydrogen-bond acceptors (Lipinski definition) is 4. The van der Waals surface area contributed by atoms with Crippen molar-refractivity contribution in [1.82, 2.24) is 10.2 Å². The van der Waals surface area contributed by atoms with Crippen LogP contribution in [0, 0.1) is 0 Å². The molecule has 2 amide bonds. The predicted octanol–water partition coefficient (Wildman–Crippen LogP) is 2.90. The van der Waals surface area contributed by atoms with Gasteiger partial charge in [-0.25, -0.2) is 0 Å². The lowest BCUT2D eigenvalue weighted by Crippen LogP contribution is -2.40. The lowest BCUT2D eigenvalue weighted by Gasteiger charge is -2.23. The quantitative estimate of drug-likeness (QED) is 0.691. The second-order valence-electron chi connectivity index (χ2n) is 6.49. The summed E-state index contributed by atoms with van der Waals surface area (Å²) in [5.74, 6) is 0.780. The van der Waals surface area contributed by atoms with Gasteiger partial charge in [0.2, 0.25) is 11.8 Å². The molecular weight excluding hydrogens is 342 g/mol. The second kappa shape index (κ2) is 10.3. The summed E-state index contributed by atoms with van der Waals surface area (Å²) in [5.41, 5.74) is 0.567. The molecule has 0 heterocycles. The smallest absolute Gasteiger partial charge is 0.240 e. The van der Waals surface area contributed by atoms with Crippen LogP contribution in [0.3, 0.4) is 0 Å². The molecule has 0 saturated carbocycles. The first-order valence-electron chi connectivity index (χ1n) is 8.99. The molecule has 0 radical (unpaired) electrons. The minimum absolute atomic E-state index is 0.0491. The Morgan fingerprint density at radius 2 is 1.67 bits per heavy atom. The summed E-state index contributed by atoms with van der Waals surface area (Å²) >= 11 is 0. The van der Waals surface area contributed by atoms with E-state index < -0.39 is 0 Å². The largest absolute Gasteiger partial charge is 0.455 e. The standard InChI is InChI=1S/C21H27N3O3/c1-17(25)24(16-21(26)22-14-9-15-23(2)3)19-12-7-8-13-20(19)27-18-10-5-4-6-11-18/h4-8,10-13H,9,14-16H2,1-3H3,(H,22,26). The van der Waals surface area contributed by atoms with Crippen molar-refractivity contribution in [3.8, 4) is 11.5 Å². The van der Waals surface area contributed by atoms with Crippen LogP contribution >= 0.6 is 0 Å². The van der Waals surface area contributed by atoms with E-state index in [9.17, 15) is 9.59 Å². The van der Waals surface area contributed by atoms with Gasteiger partial charge >= 0.3 is 0 Å². The Hall–Kier alpha value is -2.86. The number of rotatable bonds is 9. The van der Waals surface area contributed by atoms with Gasteiger partial charge in [-0.1, -0.05) is 30.3 Å². The Morgan fingerprint density at radius 1 is 1.00 bits per heavy atom. The number of nitrogens with zero attached hydrogens (tertiary/aromatic N) is 2. The summed E-state index contributed by atoms with van der Waals surface area (Å²) in [6.07, 6.45) is 0.854. The molecule has 0 aromatic heterocycles. The molecule has 6 nitrogen and oxygen atoms in total. The predicted molar refractivity (Wildman–Crippen MR) is 107 cm³/mol. The van der Waals surface area contributed by atoms with E-state index in [0.29, 0.717) is 23.7 Å². The highest BCUT2D eigenvalue weighted by Crippen LogP contribution is 2.32. The Labute approximate surface area is 160 Å². The van der Waals surface area contributed by atoms with Gasteiger partial charge in [0.25, 0.3) is 0 Å². The van der Waals surface area contributed by atoms with Gasteiger partial charge in [-0.15, -0.1) is 0 Å². The van der Waals surface area contributed by atoms with Crippen LogP contribution < -0.4 is 15.0 Å². The van der Waals surface area contributed by atoms with E-state index >= 15 is 0 Å². The van der Waals surface area contributed by atoms with Gasteiger partial charge in [0.1, 0.15) is 12.3 Å². The summed E-state index contributed by atoms with van der Waals surface area (Å²) in [6, 6.07) is 16.6. The SMILES string of the molecule is CC(=O)N(CC(=O)NCCCN(C)C)c1ccccc1Oc1ccccc1. The van der Waals surface area contributed by atoms with E-state index in [1.165, 1.54) is 11.8 Å². The van der Waals surface area contributed by atoms with Crippen molar-refractivity contribution < 1.29 is 14.3 Å². The summed E-state index contributed by atoms with van der Waals surface area (Å²) in [4.78, 5) is 28.0. The van der Waals surface area contributed by atoms with E-state index in [2.05, 4.69) is 10.2 Å². The summed E-state index contributed by atoms with van der Waals surface area (Å²) in [5, 5.41) is 2.86. The first-order valence-corrected chi connectivity index (χ1v) is 8.99. The third-order valence-electron chi connectivity index (χ3n) is 3.91. The topological polar surface area (TPSA) is 61.9 Å². The third-order valence-corrected chi connectivity index (χ3v) is 3.91. The average Bonchev–Trinajstić information content (AvgIpc) is 2.64. The van der Waals surface area contributed by atoms with E-state index in [-0.39, 0.29) is 18.4 Å². The number of nitrogens with one attached hydrogen (secondary N) is 1. The molecule has 6 heteroatoms. The van der Waals surface area contributed by atoms with Crippen molar-refractivity contribution in [1.29, 1.82) is 0 Å². The van der Waals surface area contributed by atoms with Gasteiger partial charge in [0.15, 0.2) is 5.75 Å². The second-order valence-corrected chi connectivity index (χ2v) is 6.49. The Bertz CT molecular complexity index is 747. The van der Waals surface area contributed by atoms with Crippen molar-refractivity contribution >= 4 is 17.5 Å². The van der Waals surface area contributed by atoms with Gasteiger partial charge in [-0.2, -0.15) is 0 Å². The maximum Gasteiger partial charge on any atom is 0.240 e. The summed E-state index contributed by atoms with van der Waals surface area (Å²) < 4.78 is 5.92. The third kappa shape index (κ3) is 6.75. The molecule has 0 fully saturated rings. The van der Waals surface area contributed by atoms with Crippen LogP contribution in [0.4, 0.5) is 5.69 Å². The van der Waals surface area contributed by atoms with Crippen molar-refractivity contribution in [3.63, 3.8) is 0 Å². The van der Waals surface area contributed by atoms with Crippen molar-refractivity contribution in [2.45, 2.75) is 13.3 Å². The molecule has 27 heavy (non-hydrogen) atoms. The number of amides is 2. The molecule has 0 atom stereocenters. The molecule has 2 rings (SSSR count). The normalized spacial score (nSPS) is 10.5. The van der Waals surface area contributed by atoms with Crippen LogP contribution in [-0.4, -0.2) is 50.4 Å². The fourth-order valence-electron chi connectivity index (χ4n) is 2.57. The van der Waals surface area contributed by atoms with Gasteiger partial charge < -0.3 is 15.0 Å². The number of benzene rings is 2. The number of anilines is 1. The van der Waals surface area contributed by atoms with Crippen molar-refractivity contribution in [2.75, 3.05) is 38.6 Å². The minimum Gasteiger partial charge on any atom is -0.455 e. The number of carbonyl (C=O) groups excluding carboxylic acids is 2. The number of ether oxygens (including phenoxy) is 1. The van der Waals surface area contributed by atoms with E-state index in [1.807, 2.05) is 56.6 Å². The van der Waals surface area contributed by atoms with E-state index in [0.717, 1.165) is 13.0 Å². The van der Waals surface area contributed by atoms with Gasteiger partial charge in [-0.3, -0.25) is 14.5 Å². The number of para-hydroxylation sites is 3. The molecule has 0 aliphatic heterocycles. The summed E-state index contributed by atoms with van der Waals surface area (Å²) in [7, 11) is 3.98. The fourth-order valence-corrected chi connectivity index (χ4v) is 2.57. The number of hydrogen-bond donors (Lipinski definition) is 1. The molecular formula is C21H27N3O3. The molecule has 2 aromatic carbocycles. The molecule has 0 bridgehead atoms. The van der Waals surface area contributed by atoms with Crippen molar-refractivity contribution in [3.05, 3.63) is 54.6 Å². The average molecular weight is 369 g/mol. The fraction of sp³-hybridized carbons (Fsp3) is 0.333. The molecule has 0 unspecified atom stereocenters.